The summed E-state index contributed by atoms with van der Waals surface area (Å²) in [5, 5.41) is 1.78. The van der Waals surface area contributed by atoms with Gasteiger partial charge in [0.1, 0.15) is 0 Å². The van der Waals surface area contributed by atoms with Crippen LogP contribution in [0.4, 0.5) is 0 Å². The molecule has 6 bridgehead atoms. The average molecular weight is 361 g/mol. The SMILES string of the molecule is CP(S[C@@H]1C[C@H]2CC[C@]1(C)C2(C)C)C12CC3CC(CC(C3)C1)C2.[B]. The molecule has 0 aromatic rings. The molecule has 6 saturated carbocycles. The summed E-state index contributed by atoms with van der Waals surface area (Å²) < 4.78 is 0. The Balaban J connectivity index is 0.00000146. The summed E-state index contributed by atoms with van der Waals surface area (Å²) in [6.45, 7) is 10.5. The molecule has 3 radical (unpaired) electrons. The third kappa shape index (κ3) is 2.30. The number of fused-ring (bicyclic) bond motifs is 2. The highest BCUT2D eigenvalue weighted by Gasteiger charge is 2.62. The van der Waals surface area contributed by atoms with E-state index in [1.165, 1.54) is 19.3 Å². The zero-order valence-corrected chi connectivity index (χ0v) is 17.9. The van der Waals surface area contributed by atoms with Crippen molar-refractivity contribution < 1.29 is 0 Å². The Morgan fingerprint density at radius 2 is 1.42 bits per heavy atom. The van der Waals surface area contributed by atoms with Crippen LogP contribution in [0.3, 0.4) is 0 Å². The Kier molecular flexibility index (Phi) is 4.31. The molecule has 3 heteroatoms. The summed E-state index contributed by atoms with van der Waals surface area (Å²) in [7, 11) is 0.166. The minimum Gasteiger partial charge on any atom is -0.130 e. The lowest BCUT2D eigenvalue weighted by Crippen LogP contribution is -2.49. The second-order valence-electron chi connectivity index (χ2n) is 10.8. The lowest BCUT2D eigenvalue weighted by molar-refractivity contribution is 0.0365. The van der Waals surface area contributed by atoms with E-state index >= 15 is 0 Å². The van der Waals surface area contributed by atoms with Gasteiger partial charge in [0.25, 0.3) is 0 Å². The van der Waals surface area contributed by atoms with Crippen molar-refractivity contribution >= 4 is 26.9 Å². The molecule has 133 valence electrons. The molecule has 0 nitrogen and oxygen atoms in total. The van der Waals surface area contributed by atoms with Gasteiger partial charge in [-0.1, -0.05) is 20.8 Å². The second kappa shape index (κ2) is 5.67. The fraction of sp³-hybridized carbons (Fsp3) is 1.00. The van der Waals surface area contributed by atoms with Crippen molar-refractivity contribution in [3.05, 3.63) is 0 Å². The Labute approximate surface area is 157 Å². The Hall–Kier alpha value is 0.845. The van der Waals surface area contributed by atoms with Crippen LogP contribution in [0.15, 0.2) is 0 Å². The van der Waals surface area contributed by atoms with E-state index in [1.807, 2.05) is 0 Å². The molecule has 6 fully saturated rings. The molecule has 0 saturated heterocycles. The maximum atomic E-state index is 2.70. The molecular weight excluding hydrogens is 326 g/mol. The van der Waals surface area contributed by atoms with Crippen molar-refractivity contribution in [2.24, 2.45) is 34.5 Å². The molecule has 0 spiro atoms. The third-order valence-electron chi connectivity index (χ3n) is 9.67. The van der Waals surface area contributed by atoms with Crippen LogP contribution in [0, 0.1) is 34.5 Å². The highest BCUT2D eigenvalue weighted by molar-refractivity contribution is 8.56. The van der Waals surface area contributed by atoms with Crippen LogP contribution in [-0.2, 0) is 0 Å². The molecular formula is C21H35BPS. The third-order valence-corrected chi connectivity index (χ3v) is 15.7. The highest BCUT2D eigenvalue weighted by atomic mass is 32.7. The molecule has 6 aliphatic carbocycles. The van der Waals surface area contributed by atoms with Gasteiger partial charge in [-0.25, -0.2) is 0 Å². The lowest BCUT2D eigenvalue weighted by atomic mass is 9.56. The molecule has 0 aromatic heterocycles. The second-order valence-corrected chi connectivity index (χ2v) is 15.8. The maximum Gasteiger partial charge on any atom is 0.0151 e. The van der Waals surface area contributed by atoms with Crippen LogP contribution in [0.5, 0.6) is 0 Å². The standard InChI is InChI=1S/C21H35PS.B/c1-19(2)17-5-6-20(19,3)18(10-17)23-22(4)21-11-14-7-15(12-21)9-16(8-14)13-21;/h14-18H,5-13H2,1-4H3;/t14?,15?,16?,17-,18-,20+,21?,22?;/m1./s1. The summed E-state index contributed by atoms with van der Waals surface area (Å²) >= 11 is 2.52. The van der Waals surface area contributed by atoms with Crippen molar-refractivity contribution in [2.45, 2.75) is 89.0 Å². The molecule has 0 aromatic carbocycles. The van der Waals surface area contributed by atoms with Crippen LogP contribution < -0.4 is 0 Å². The minimum atomic E-state index is 0. The first-order valence-corrected chi connectivity index (χ1v) is 13.5. The molecule has 6 aliphatic rings. The van der Waals surface area contributed by atoms with Gasteiger partial charge < -0.3 is 0 Å². The van der Waals surface area contributed by atoms with E-state index in [4.69, 9.17) is 0 Å². The summed E-state index contributed by atoms with van der Waals surface area (Å²) in [5.74, 6) is 4.39. The van der Waals surface area contributed by atoms with Crippen LogP contribution >= 0.6 is 18.5 Å². The number of rotatable bonds is 3. The first-order chi connectivity index (χ1) is 10.8. The molecule has 0 heterocycles. The van der Waals surface area contributed by atoms with E-state index in [-0.39, 0.29) is 15.5 Å². The number of hydrogen-bond acceptors (Lipinski definition) is 1. The number of hydrogen-bond donors (Lipinski definition) is 0. The van der Waals surface area contributed by atoms with Crippen molar-refractivity contribution in [1.29, 1.82) is 0 Å². The molecule has 0 amide bonds. The van der Waals surface area contributed by atoms with E-state index in [1.54, 1.807) is 38.5 Å². The van der Waals surface area contributed by atoms with Crippen LogP contribution in [0.25, 0.3) is 0 Å². The van der Waals surface area contributed by atoms with Gasteiger partial charge in [0.2, 0.25) is 0 Å². The molecule has 0 aliphatic heterocycles. The van der Waals surface area contributed by atoms with Crippen LogP contribution in [0.2, 0.25) is 0 Å². The largest absolute Gasteiger partial charge is 0.130 e. The monoisotopic (exact) mass is 361 g/mol. The quantitative estimate of drug-likeness (QED) is 0.406. The Bertz CT molecular complexity index is 483. The van der Waals surface area contributed by atoms with E-state index in [9.17, 15) is 0 Å². The Morgan fingerprint density at radius 1 is 0.875 bits per heavy atom. The van der Waals surface area contributed by atoms with Crippen LogP contribution in [-0.4, -0.2) is 25.5 Å². The van der Waals surface area contributed by atoms with Crippen molar-refractivity contribution in [1.82, 2.24) is 0 Å². The van der Waals surface area contributed by atoms with Gasteiger partial charge >= 0.3 is 0 Å². The first-order valence-electron chi connectivity index (χ1n) is 10.2. The predicted octanol–water partition coefficient (Wildman–Crippen LogP) is 6.55. The fourth-order valence-electron chi connectivity index (χ4n) is 8.04. The molecule has 1 unspecified atom stereocenters. The minimum absolute atomic E-state index is 0. The van der Waals surface area contributed by atoms with Crippen LogP contribution in [0.1, 0.15) is 78.6 Å². The summed E-state index contributed by atoms with van der Waals surface area (Å²) in [6.07, 6.45) is 14.2. The van der Waals surface area contributed by atoms with Gasteiger partial charge in [0.05, 0.1) is 0 Å². The topological polar surface area (TPSA) is 0 Å². The smallest absolute Gasteiger partial charge is 0.0151 e. The molecule has 6 rings (SSSR count). The van der Waals surface area contributed by atoms with Gasteiger partial charge in [-0.05, 0) is 106 Å². The highest BCUT2D eigenvalue weighted by Crippen LogP contribution is 2.77. The zero-order chi connectivity index (χ0) is 16.0. The maximum absolute atomic E-state index is 2.70. The van der Waals surface area contributed by atoms with Crippen molar-refractivity contribution in [3.8, 4) is 0 Å². The summed E-state index contributed by atoms with van der Waals surface area (Å²) in [4.78, 5) is 0. The lowest BCUT2D eigenvalue weighted by Gasteiger charge is -2.59. The van der Waals surface area contributed by atoms with Gasteiger partial charge in [-0.15, -0.1) is 11.4 Å². The summed E-state index contributed by atoms with van der Waals surface area (Å²) in [5.41, 5.74) is 1.23. The summed E-state index contributed by atoms with van der Waals surface area (Å²) in [6, 6.07) is 0. The molecule has 0 N–H and O–H groups in total. The molecule has 4 atom stereocenters. The molecule has 24 heavy (non-hydrogen) atoms. The van der Waals surface area contributed by atoms with Crippen molar-refractivity contribution in [2.75, 3.05) is 6.66 Å². The van der Waals surface area contributed by atoms with E-state index in [0.29, 0.717) is 10.8 Å². The van der Waals surface area contributed by atoms with Gasteiger partial charge in [0, 0.05) is 18.8 Å². The predicted molar refractivity (Wildman–Crippen MR) is 110 cm³/mol. The fourth-order valence-corrected chi connectivity index (χ4v) is 14.6. The average Bonchev–Trinajstić information content (AvgIpc) is 2.79. The van der Waals surface area contributed by atoms with Gasteiger partial charge in [-0.2, -0.15) is 0 Å². The van der Waals surface area contributed by atoms with E-state index in [2.05, 4.69) is 38.8 Å². The van der Waals surface area contributed by atoms with Gasteiger partial charge in [-0.3, -0.25) is 0 Å². The normalized spacial score (nSPS) is 54.8. The van der Waals surface area contributed by atoms with Crippen molar-refractivity contribution in [3.63, 3.8) is 0 Å². The Morgan fingerprint density at radius 3 is 1.83 bits per heavy atom. The van der Waals surface area contributed by atoms with E-state index < -0.39 is 0 Å². The van der Waals surface area contributed by atoms with E-state index in [0.717, 1.165) is 34.1 Å². The first kappa shape index (κ1) is 18.2. The van der Waals surface area contributed by atoms with Gasteiger partial charge in [0.15, 0.2) is 0 Å². The zero-order valence-electron chi connectivity index (χ0n) is 16.2.